The van der Waals surface area contributed by atoms with Crippen molar-refractivity contribution in [3.8, 4) is 17.2 Å². The molecule has 1 nitrogen and oxygen atoms in total. The Bertz CT molecular complexity index is 701. The number of nitrogens with zero attached hydrogens (tertiary/aromatic N) is 1. The summed E-state index contributed by atoms with van der Waals surface area (Å²) >= 11 is 5.61. The van der Waals surface area contributed by atoms with Gasteiger partial charge in [0, 0.05) is 16.1 Å². The van der Waals surface area contributed by atoms with E-state index in [1.54, 1.807) is 6.07 Å². The van der Waals surface area contributed by atoms with Gasteiger partial charge in [-0.3, -0.25) is 0 Å². The third-order valence-corrected chi connectivity index (χ3v) is 2.92. The largest absolute Gasteiger partial charge is 0.416 e. The van der Waals surface area contributed by atoms with Crippen LogP contribution in [0.5, 0.6) is 0 Å². The second-order valence-electron chi connectivity index (χ2n) is 3.99. The highest BCUT2D eigenvalue weighted by molar-refractivity contribution is 6.30. The maximum absolute atomic E-state index is 13.8. The zero-order valence-corrected chi connectivity index (χ0v) is 10.6. The van der Waals surface area contributed by atoms with Crippen molar-refractivity contribution in [3.05, 3.63) is 58.4 Å². The van der Waals surface area contributed by atoms with Crippen molar-refractivity contribution in [2.45, 2.75) is 6.18 Å². The summed E-state index contributed by atoms with van der Waals surface area (Å²) in [5.74, 6) is -0.700. The first-order chi connectivity index (χ1) is 9.32. The molecule has 6 heteroatoms. The molecule has 2 rings (SSSR count). The Labute approximate surface area is 117 Å². The fraction of sp³-hybridized carbons (Fsp3) is 0.0714. The van der Waals surface area contributed by atoms with E-state index in [2.05, 4.69) is 0 Å². The predicted octanol–water partition coefficient (Wildman–Crippen LogP) is 5.04. The molecule has 0 aromatic heterocycles. The van der Waals surface area contributed by atoms with Gasteiger partial charge in [0.15, 0.2) is 0 Å². The van der Waals surface area contributed by atoms with Crippen LogP contribution in [0.1, 0.15) is 11.1 Å². The van der Waals surface area contributed by atoms with Gasteiger partial charge in [0.1, 0.15) is 5.82 Å². The smallest absolute Gasteiger partial charge is 0.206 e. The molecular weight excluding hydrogens is 294 g/mol. The molecule has 0 aliphatic carbocycles. The topological polar surface area (TPSA) is 23.8 Å². The van der Waals surface area contributed by atoms with Crippen LogP contribution in [-0.4, -0.2) is 0 Å². The molecule has 0 saturated carbocycles. The van der Waals surface area contributed by atoms with E-state index < -0.39 is 17.6 Å². The van der Waals surface area contributed by atoms with Crippen LogP contribution in [-0.2, 0) is 6.18 Å². The van der Waals surface area contributed by atoms with E-state index in [0.717, 1.165) is 18.2 Å². The Hall–Kier alpha value is -2.06. The average Bonchev–Trinajstić information content (AvgIpc) is 2.37. The quantitative estimate of drug-likeness (QED) is 0.677. The third kappa shape index (κ3) is 2.75. The van der Waals surface area contributed by atoms with Gasteiger partial charge in [-0.1, -0.05) is 17.7 Å². The van der Waals surface area contributed by atoms with Gasteiger partial charge >= 0.3 is 6.18 Å². The summed E-state index contributed by atoms with van der Waals surface area (Å²) in [6, 6.07) is 7.99. The molecule has 0 spiro atoms. The van der Waals surface area contributed by atoms with Crippen molar-refractivity contribution in [1.82, 2.24) is 0 Å². The van der Waals surface area contributed by atoms with Crippen LogP contribution in [0, 0.1) is 17.1 Å². The van der Waals surface area contributed by atoms with Gasteiger partial charge < -0.3 is 0 Å². The number of benzene rings is 2. The summed E-state index contributed by atoms with van der Waals surface area (Å²) in [7, 11) is 0. The van der Waals surface area contributed by atoms with Gasteiger partial charge in [0.05, 0.1) is 17.2 Å². The Morgan fingerprint density at radius 1 is 1.00 bits per heavy atom. The molecule has 2 aromatic carbocycles. The lowest BCUT2D eigenvalue weighted by molar-refractivity contribution is -0.137. The van der Waals surface area contributed by atoms with Crippen LogP contribution in [0.3, 0.4) is 0 Å². The second-order valence-corrected chi connectivity index (χ2v) is 4.43. The monoisotopic (exact) mass is 299 g/mol. The molecule has 0 unspecified atom stereocenters. The SMILES string of the molecule is N#Cc1cc(C(F)(F)F)ccc1-c1ccc(Cl)cc1F. The van der Waals surface area contributed by atoms with E-state index in [0.29, 0.717) is 6.07 Å². The van der Waals surface area contributed by atoms with Gasteiger partial charge in [-0.15, -0.1) is 0 Å². The lowest BCUT2D eigenvalue weighted by Crippen LogP contribution is -2.05. The zero-order chi connectivity index (χ0) is 14.9. The Kier molecular flexibility index (Phi) is 3.69. The molecule has 20 heavy (non-hydrogen) atoms. The summed E-state index contributed by atoms with van der Waals surface area (Å²) in [5.41, 5.74) is -1.08. The standard InChI is InChI=1S/C14H6ClF4N/c15-10-2-4-12(13(16)6-10)11-3-1-9(14(17,18)19)5-8(11)7-20/h1-6H. The molecule has 102 valence electrons. The second kappa shape index (κ2) is 5.14. The van der Waals surface area contributed by atoms with Gasteiger partial charge in [-0.05, 0) is 30.3 Å². The van der Waals surface area contributed by atoms with Crippen LogP contribution >= 0.6 is 11.6 Å². The van der Waals surface area contributed by atoms with E-state index >= 15 is 0 Å². The molecule has 0 radical (unpaired) electrons. The predicted molar refractivity (Wildman–Crippen MR) is 66.6 cm³/mol. The lowest BCUT2D eigenvalue weighted by Gasteiger charge is -2.10. The minimum Gasteiger partial charge on any atom is -0.206 e. The molecule has 2 aromatic rings. The molecule has 0 amide bonds. The Morgan fingerprint density at radius 2 is 1.65 bits per heavy atom. The normalized spacial score (nSPS) is 11.2. The lowest BCUT2D eigenvalue weighted by atomic mass is 9.97. The molecule has 0 saturated heterocycles. The number of halogens is 5. The van der Waals surface area contributed by atoms with Crippen LogP contribution in [0.25, 0.3) is 11.1 Å². The van der Waals surface area contributed by atoms with Crippen LogP contribution in [0.2, 0.25) is 5.02 Å². The number of alkyl halides is 3. The zero-order valence-electron chi connectivity index (χ0n) is 9.80. The molecule has 0 aliphatic rings. The average molecular weight is 300 g/mol. The molecule has 0 bridgehead atoms. The van der Waals surface area contributed by atoms with Gasteiger partial charge in [-0.25, -0.2) is 4.39 Å². The summed E-state index contributed by atoms with van der Waals surface area (Å²) in [6.07, 6.45) is -4.55. The first-order valence-corrected chi connectivity index (χ1v) is 5.77. The molecule has 0 atom stereocenters. The van der Waals surface area contributed by atoms with Gasteiger partial charge in [0.2, 0.25) is 0 Å². The fourth-order valence-corrected chi connectivity index (χ4v) is 1.91. The molecule has 0 heterocycles. The summed E-state index contributed by atoms with van der Waals surface area (Å²) in [6.45, 7) is 0. The fourth-order valence-electron chi connectivity index (χ4n) is 1.76. The van der Waals surface area contributed by atoms with E-state index in [1.165, 1.54) is 12.1 Å². The van der Waals surface area contributed by atoms with E-state index in [1.807, 2.05) is 0 Å². The van der Waals surface area contributed by atoms with Gasteiger partial charge in [-0.2, -0.15) is 18.4 Å². The van der Waals surface area contributed by atoms with Crippen LogP contribution < -0.4 is 0 Å². The highest BCUT2D eigenvalue weighted by atomic mass is 35.5. The maximum Gasteiger partial charge on any atom is 0.416 e. The van der Waals surface area contributed by atoms with Crippen LogP contribution in [0.15, 0.2) is 36.4 Å². The van der Waals surface area contributed by atoms with Crippen molar-refractivity contribution in [2.75, 3.05) is 0 Å². The van der Waals surface area contributed by atoms with Crippen molar-refractivity contribution >= 4 is 11.6 Å². The van der Waals surface area contributed by atoms with E-state index in [4.69, 9.17) is 16.9 Å². The van der Waals surface area contributed by atoms with Crippen molar-refractivity contribution in [1.29, 1.82) is 5.26 Å². The molecule has 0 fully saturated rings. The van der Waals surface area contributed by atoms with Crippen molar-refractivity contribution in [3.63, 3.8) is 0 Å². The Morgan fingerprint density at radius 3 is 2.20 bits per heavy atom. The molecule has 0 N–H and O–H groups in total. The number of hydrogen-bond donors (Lipinski definition) is 0. The summed E-state index contributed by atoms with van der Waals surface area (Å²) in [4.78, 5) is 0. The van der Waals surface area contributed by atoms with Crippen LogP contribution in [0.4, 0.5) is 17.6 Å². The molecular formula is C14H6ClF4N. The highest BCUT2D eigenvalue weighted by Crippen LogP contribution is 2.34. The maximum atomic E-state index is 13.8. The minimum absolute atomic E-state index is 0.0275. The van der Waals surface area contributed by atoms with Crippen molar-refractivity contribution < 1.29 is 17.6 Å². The highest BCUT2D eigenvalue weighted by Gasteiger charge is 2.31. The number of hydrogen-bond acceptors (Lipinski definition) is 1. The first-order valence-electron chi connectivity index (χ1n) is 5.39. The van der Waals surface area contributed by atoms with Crippen molar-refractivity contribution in [2.24, 2.45) is 0 Å². The molecule has 0 aliphatic heterocycles. The number of rotatable bonds is 1. The number of nitriles is 1. The summed E-state index contributed by atoms with van der Waals surface area (Å²) < 4.78 is 51.5. The van der Waals surface area contributed by atoms with E-state index in [-0.39, 0.29) is 21.7 Å². The van der Waals surface area contributed by atoms with E-state index in [9.17, 15) is 17.6 Å². The summed E-state index contributed by atoms with van der Waals surface area (Å²) in [5, 5.41) is 9.11. The minimum atomic E-state index is -4.55. The Balaban J connectivity index is 2.61. The first kappa shape index (κ1) is 14.4. The van der Waals surface area contributed by atoms with Gasteiger partial charge in [0.25, 0.3) is 0 Å². The third-order valence-electron chi connectivity index (χ3n) is 2.69.